The van der Waals surface area contributed by atoms with Crippen LogP contribution in [0.4, 0.5) is 10.2 Å². The molecule has 2 aromatic rings. The van der Waals surface area contributed by atoms with Crippen LogP contribution in [0.5, 0.6) is 0 Å². The Bertz CT molecular complexity index is 755. The second-order valence-electron chi connectivity index (χ2n) is 5.68. The van der Waals surface area contributed by atoms with Gasteiger partial charge in [-0.3, -0.25) is 0 Å². The van der Waals surface area contributed by atoms with Crippen molar-refractivity contribution in [1.82, 2.24) is 15.3 Å². The predicted molar refractivity (Wildman–Crippen MR) is 95.8 cm³/mol. The maximum atomic E-state index is 14.5. The van der Waals surface area contributed by atoms with Crippen molar-refractivity contribution in [1.29, 1.82) is 0 Å². The van der Waals surface area contributed by atoms with Crippen LogP contribution < -0.4 is 10.2 Å². The molecule has 2 aliphatic rings. The van der Waals surface area contributed by atoms with Gasteiger partial charge in [0.15, 0.2) is 5.82 Å². The van der Waals surface area contributed by atoms with Gasteiger partial charge in [0.1, 0.15) is 11.3 Å². The molecule has 1 aromatic carbocycles. The van der Waals surface area contributed by atoms with E-state index in [1.165, 1.54) is 0 Å². The zero-order valence-corrected chi connectivity index (χ0v) is 15.7. The van der Waals surface area contributed by atoms with Crippen LogP contribution in [-0.2, 0) is 0 Å². The van der Waals surface area contributed by atoms with Crippen molar-refractivity contribution < 1.29 is 4.39 Å². The third-order valence-electron chi connectivity index (χ3n) is 4.33. The number of anilines is 1. The van der Waals surface area contributed by atoms with Gasteiger partial charge in [0.2, 0.25) is 5.28 Å². The van der Waals surface area contributed by atoms with E-state index in [4.69, 9.17) is 11.6 Å². The van der Waals surface area contributed by atoms with Gasteiger partial charge in [0.05, 0.1) is 4.47 Å². The number of halogens is 3. The zero-order chi connectivity index (χ0) is 16.7. The summed E-state index contributed by atoms with van der Waals surface area (Å²) >= 11 is 9.29. The molecule has 2 aliphatic heterocycles. The lowest BCUT2D eigenvalue weighted by Crippen LogP contribution is -2.44. The molecule has 7 heteroatoms. The fourth-order valence-corrected chi connectivity index (χ4v) is 3.79. The van der Waals surface area contributed by atoms with Crippen molar-refractivity contribution in [2.45, 2.75) is 39.3 Å². The number of benzene rings is 1. The number of hydrogen-bond acceptors (Lipinski definition) is 4. The van der Waals surface area contributed by atoms with Crippen LogP contribution in [0.1, 0.15) is 25.8 Å². The van der Waals surface area contributed by atoms with Crippen molar-refractivity contribution in [2.24, 2.45) is 0 Å². The average molecular weight is 402 g/mol. The van der Waals surface area contributed by atoms with Gasteiger partial charge < -0.3 is 10.2 Å². The second kappa shape index (κ2) is 6.49. The highest BCUT2D eigenvalue weighted by molar-refractivity contribution is 9.10. The summed E-state index contributed by atoms with van der Waals surface area (Å²) in [7, 11) is 0. The SMILES string of the molecule is CC.Cc1cc2c(N3CC4CC3CN4)nc(Cl)nc2c(F)c1Br. The zero-order valence-electron chi connectivity index (χ0n) is 13.3. The summed E-state index contributed by atoms with van der Waals surface area (Å²) in [6, 6.07) is 2.81. The molecule has 1 aromatic heterocycles. The van der Waals surface area contributed by atoms with Gasteiger partial charge >= 0.3 is 0 Å². The van der Waals surface area contributed by atoms with Crippen LogP contribution in [0.3, 0.4) is 0 Å². The van der Waals surface area contributed by atoms with Gasteiger partial charge in [0, 0.05) is 30.6 Å². The Morgan fingerprint density at radius 2 is 2.13 bits per heavy atom. The van der Waals surface area contributed by atoms with E-state index in [1.807, 2.05) is 26.8 Å². The van der Waals surface area contributed by atoms with E-state index >= 15 is 0 Å². The number of nitrogens with zero attached hydrogens (tertiary/aromatic N) is 3. The Hall–Kier alpha value is -0.980. The standard InChI is InChI=1S/C14H13BrClFN4.C2H6/c1-6-2-9-12(11(17)10(6)15)19-14(16)20-13(9)21-5-7-3-8(21)4-18-7;1-2/h2,7-8,18H,3-5H2,1H3;1-2H3. The molecule has 0 spiro atoms. The smallest absolute Gasteiger partial charge is 0.225 e. The number of aromatic nitrogens is 2. The highest BCUT2D eigenvalue weighted by Crippen LogP contribution is 2.36. The molecule has 23 heavy (non-hydrogen) atoms. The third-order valence-corrected chi connectivity index (χ3v) is 5.48. The minimum atomic E-state index is -0.377. The normalized spacial score (nSPS) is 22.4. The predicted octanol–water partition coefficient (Wildman–Crippen LogP) is 4.07. The fraction of sp³-hybridized carbons (Fsp3) is 0.500. The van der Waals surface area contributed by atoms with Gasteiger partial charge in [-0.15, -0.1) is 0 Å². The van der Waals surface area contributed by atoms with Gasteiger partial charge in [0.25, 0.3) is 0 Å². The first-order chi connectivity index (χ1) is 11.0. The summed E-state index contributed by atoms with van der Waals surface area (Å²) in [4.78, 5) is 10.7. The second-order valence-corrected chi connectivity index (χ2v) is 6.81. The highest BCUT2D eigenvalue weighted by atomic mass is 79.9. The average Bonchev–Trinajstić information content (AvgIpc) is 3.18. The number of rotatable bonds is 1. The quantitative estimate of drug-likeness (QED) is 0.731. The van der Waals surface area contributed by atoms with E-state index in [1.54, 1.807) is 0 Å². The lowest BCUT2D eigenvalue weighted by Gasteiger charge is -2.29. The monoisotopic (exact) mass is 400 g/mol. The van der Waals surface area contributed by atoms with Gasteiger partial charge in [-0.05, 0) is 52.5 Å². The third kappa shape index (κ3) is 2.81. The number of aryl methyl sites for hydroxylation is 1. The van der Waals surface area contributed by atoms with Crippen LogP contribution in [-0.4, -0.2) is 35.1 Å². The van der Waals surface area contributed by atoms with Crippen molar-refractivity contribution in [3.8, 4) is 0 Å². The van der Waals surface area contributed by atoms with Crippen LogP contribution in [0.15, 0.2) is 10.5 Å². The number of piperazine rings is 1. The van der Waals surface area contributed by atoms with Crippen molar-refractivity contribution in [2.75, 3.05) is 18.0 Å². The molecule has 2 saturated heterocycles. The lowest BCUT2D eigenvalue weighted by molar-refractivity contribution is 0.577. The minimum absolute atomic E-state index is 0.0860. The van der Waals surface area contributed by atoms with Crippen molar-refractivity contribution >= 4 is 44.3 Å². The molecule has 2 atom stereocenters. The van der Waals surface area contributed by atoms with E-state index in [2.05, 4.69) is 36.1 Å². The Kier molecular flexibility index (Phi) is 4.76. The van der Waals surface area contributed by atoms with Gasteiger partial charge in [-0.25, -0.2) is 9.37 Å². The van der Waals surface area contributed by atoms with E-state index in [9.17, 15) is 4.39 Å². The topological polar surface area (TPSA) is 41.0 Å². The molecule has 1 N–H and O–H groups in total. The summed E-state index contributed by atoms with van der Waals surface area (Å²) in [5.74, 6) is 0.367. The van der Waals surface area contributed by atoms with Crippen molar-refractivity contribution in [3.05, 3.63) is 27.2 Å². The van der Waals surface area contributed by atoms with Crippen LogP contribution >= 0.6 is 27.5 Å². The summed E-state index contributed by atoms with van der Waals surface area (Å²) in [6.45, 7) is 7.68. The van der Waals surface area contributed by atoms with Crippen LogP contribution in [0, 0.1) is 12.7 Å². The van der Waals surface area contributed by atoms with E-state index in [0.29, 0.717) is 16.6 Å². The summed E-state index contributed by atoms with van der Waals surface area (Å²) < 4.78 is 14.9. The fourth-order valence-electron chi connectivity index (χ4n) is 3.33. The molecule has 0 aliphatic carbocycles. The highest BCUT2D eigenvalue weighted by Gasteiger charge is 2.39. The maximum Gasteiger partial charge on any atom is 0.225 e. The molecule has 0 saturated carbocycles. The lowest BCUT2D eigenvalue weighted by atomic mass is 10.1. The number of hydrogen-bond donors (Lipinski definition) is 1. The van der Waals surface area contributed by atoms with Crippen molar-refractivity contribution in [3.63, 3.8) is 0 Å². The summed E-state index contributed by atoms with van der Waals surface area (Å²) in [5, 5.41) is 4.26. The Balaban J connectivity index is 0.000000753. The number of nitrogens with one attached hydrogen (secondary N) is 1. The molecule has 3 heterocycles. The van der Waals surface area contributed by atoms with E-state index in [0.717, 1.165) is 36.3 Å². The Morgan fingerprint density at radius 1 is 1.39 bits per heavy atom. The first-order valence-electron chi connectivity index (χ1n) is 7.86. The molecule has 124 valence electrons. The molecule has 4 nitrogen and oxygen atoms in total. The van der Waals surface area contributed by atoms with Gasteiger partial charge in [-0.1, -0.05) is 13.8 Å². The maximum absolute atomic E-state index is 14.5. The molecular formula is C16H19BrClFN4. The first kappa shape index (κ1) is 16.9. The molecular weight excluding hydrogens is 383 g/mol. The van der Waals surface area contributed by atoms with E-state index < -0.39 is 0 Å². The van der Waals surface area contributed by atoms with E-state index in [-0.39, 0.29) is 16.6 Å². The molecule has 2 unspecified atom stereocenters. The minimum Gasteiger partial charge on any atom is -0.350 e. The molecule has 4 rings (SSSR count). The summed E-state index contributed by atoms with van der Waals surface area (Å²) in [6.07, 6.45) is 1.10. The van der Waals surface area contributed by atoms with Crippen LogP contribution in [0.2, 0.25) is 5.28 Å². The Labute approximate surface area is 148 Å². The number of fused-ring (bicyclic) bond motifs is 3. The first-order valence-corrected chi connectivity index (χ1v) is 9.03. The summed E-state index contributed by atoms with van der Waals surface area (Å²) in [5.41, 5.74) is 1.10. The van der Waals surface area contributed by atoms with Crippen LogP contribution in [0.25, 0.3) is 10.9 Å². The molecule has 0 radical (unpaired) electrons. The van der Waals surface area contributed by atoms with Gasteiger partial charge in [-0.2, -0.15) is 4.98 Å². The molecule has 2 bridgehead atoms. The Morgan fingerprint density at radius 3 is 2.74 bits per heavy atom. The molecule has 2 fully saturated rings. The largest absolute Gasteiger partial charge is 0.350 e. The molecule has 0 amide bonds.